The number of fused-ring (bicyclic) bond motifs is 1. The number of nitrogens with zero attached hydrogens (tertiary/aromatic N) is 4. The summed E-state index contributed by atoms with van der Waals surface area (Å²) in [6.45, 7) is 0. The number of azo groups is 1. The molecule has 23 heavy (non-hydrogen) atoms. The Morgan fingerprint density at radius 3 is 2.61 bits per heavy atom. The Bertz CT molecular complexity index is 919. The van der Waals surface area contributed by atoms with Crippen LogP contribution in [0.15, 0.2) is 57.4 Å². The molecule has 0 aliphatic heterocycles. The third-order valence-electron chi connectivity index (χ3n) is 3.17. The Morgan fingerprint density at radius 1 is 1.09 bits per heavy atom. The van der Waals surface area contributed by atoms with E-state index in [1.807, 2.05) is 18.2 Å². The molecular weight excluding hydrogens is 358 g/mol. The highest BCUT2D eigenvalue weighted by molar-refractivity contribution is 9.10. The Hall–Kier alpha value is -2.87. The lowest BCUT2D eigenvalue weighted by molar-refractivity contribution is 1.15. The normalized spacial score (nSPS) is 11.2. The zero-order chi connectivity index (χ0) is 16.4. The smallest absolute Gasteiger partial charge is 0.174 e. The molecule has 8 heteroatoms. The maximum absolute atomic E-state index is 7.33. The van der Waals surface area contributed by atoms with E-state index in [9.17, 15) is 0 Å². The fourth-order valence-electron chi connectivity index (χ4n) is 2.01. The molecule has 0 atom stereocenters. The zero-order valence-electron chi connectivity index (χ0n) is 11.9. The molecule has 0 unspecified atom stereocenters. The quantitative estimate of drug-likeness (QED) is 0.369. The van der Waals surface area contributed by atoms with Gasteiger partial charge in [0.25, 0.3) is 0 Å². The number of nitrogens with two attached hydrogens (primary N) is 2. The molecule has 0 saturated carbocycles. The molecule has 0 spiro atoms. The fraction of sp³-hybridized carbons (Fsp3) is 0. The molecule has 5 N–H and O–H groups in total. The molecule has 2 aromatic heterocycles. The van der Waals surface area contributed by atoms with Crippen LogP contribution in [0.2, 0.25) is 0 Å². The van der Waals surface area contributed by atoms with E-state index < -0.39 is 0 Å². The number of hydrogen-bond acceptors (Lipinski definition) is 6. The first-order chi connectivity index (χ1) is 11.0. The second-order valence-corrected chi connectivity index (χ2v) is 5.66. The highest BCUT2D eigenvalue weighted by atomic mass is 79.9. The highest BCUT2D eigenvalue weighted by Crippen LogP contribution is 2.32. The van der Waals surface area contributed by atoms with Gasteiger partial charge in [-0.05, 0) is 24.3 Å². The van der Waals surface area contributed by atoms with E-state index in [2.05, 4.69) is 36.1 Å². The van der Waals surface area contributed by atoms with Gasteiger partial charge in [-0.3, -0.25) is 5.41 Å². The summed E-state index contributed by atoms with van der Waals surface area (Å²) in [4.78, 5) is 8.22. The van der Waals surface area contributed by atoms with Crippen molar-refractivity contribution in [1.29, 1.82) is 5.41 Å². The number of halogens is 1. The van der Waals surface area contributed by atoms with Crippen LogP contribution in [0.25, 0.3) is 10.8 Å². The highest BCUT2D eigenvalue weighted by Gasteiger charge is 2.07. The third-order valence-corrected chi connectivity index (χ3v) is 3.66. The van der Waals surface area contributed by atoms with Gasteiger partial charge in [-0.1, -0.05) is 22.0 Å². The standard InChI is InChI=1S/C15H12BrN7/c16-10-2-3-11-9(5-10)7-21-15(19)13(11)23-22-12-4-1-8(6-20-12)14(17)18/h1-7H,(H3,17,18)(H2,19,21). The van der Waals surface area contributed by atoms with Crippen molar-refractivity contribution < 1.29 is 0 Å². The van der Waals surface area contributed by atoms with Crippen molar-refractivity contribution in [2.75, 3.05) is 5.73 Å². The molecule has 0 radical (unpaired) electrons. The predicted molar refractivity (Wildman–Crippen MR) is 93.3 cm³/mol. The first-order valence-electron chi connectivity index (χ1n) is 6.60. The fourth-order valence-corrected chi connectivity index (χ4v) is 2.38. The minimum atomic E-state index is -0.0472. The summed E-state index contributed by atoms with van der Waals surface area (Å²) in [6, 6.07) is 9.02. The number of anilines is 1. The molecule has 0 fully saturated rings. The Kier molecular flexibility index (Phi) is 3.98. The molecular formula is C15H12BrN7. The summed E-state index contributed by atoms with van der Waals surface area (Å²) in [7, 11) is 0. The topological polar surface area (TPSA) is 126 Å². The van der Waals surface area contributed by atoms with Crippen molar-refractivity contribution in [2.24, 2.45) is 16.0 Å². The van der Waals surface area contributed by atoms with Crippen molar-refractivity contribution in [3.63, 3.8) is 0 Å². The molecule has 0 bridgehead atoms. The number of nitrogens with one attached hydrogen (secondary N) is 1. The van der Waals surface area contributed by atoms with Gasteiger partial charge in [0.05, 0.1) is 0 Å². The van der Waals surface area contributed by atoms with E-state index in [0.29, 0.717) is 22.9 Å². The Balaban J connectivity index is 2.00. The molecule has 0 saturated heterocycles. The van der Waals surface area contributed by atoms with Gasteiger partial charge in [-0.15, -0.1) is 10.2 Å². The molecule has 0 amide bonds. The van der Waals surface area contributed by atoms with Crippen molar-refractivity contribution in [3.05, 3.63) is 52.8 Å². The van der Waals surface area contributed by atoms with Gasteiger partial charge in [0.2, 0.25) is 0 Å². The number of pyridine rings is 2. The van der Waals surface area contributed by atoms with E-state index in [1.54, 1.807) is 18.3 Å². The van der Waals surface area contributed by atoms with E-state index in [1.165, 1.54) is 6.20 Å². The summed E-state index contributed by atoms with van der Waals surface area (Å²) in [5.74, 6) is 0.640. The number of rotatable bonds is 3. The van der Waals surface area contributed by atoms with Crippen LogP contribution in [-0.4, -0.2) is 15.8 Å². The number of amidine groups is 1. The minimum absolute atomic E-state index is 0.0472. The summed E-state index contributed by atoms with van der Waals surface area (Å²) in [5.41, 5.74) is 12.3. The minimum Gasteiger partial charge on any atom is -0.384 e. The summed E-state index contributed by atoms with van der Waals surface area (Å²) in [5, 5.41) is 17.4. The van der Waals surface area contributed by atoms with Crippen LogP contribution in [0.5, 0.6) is 0 Å². The first kappa shape index (κ1) is 15.0. The van der Waals surface area contributed by atoms with Crippen molar-refractivity contribution in [3.8, 4) is 0 Å². The molecule has 7 nitrogen and oxygen atoms in total. The lowest BCUT2D eigenvalue weighted by atomic mass is 10.1. The molecule has 0 aliphatic carbocycles. The Morgan fingerprint density at radius 2 is 1.91 bits per heavy atom. The van der Waals surface area contributed by atoms with Crippen molar-refractivity contribution in [1.82, 2.24) is 9.97 Å². The lowest BCUT2D eigenvalue weighted by Crippen LogP contribution is -2.10. The average molecular weight is 370 g/mol. The van der Waals surface area contributed by atoms with Gasteiger partial charge >= 0.3 is 0 Å². The number of benzene rings is 1. The number of nitrogen functional groups attached to an aromatic ring is 2. The van der Waals surface area contributed by atoms with Crippen LogP contribution in [0.1, 0.15) is 5.56 Å². The van der Waals surface area contributed by atoms with E-state index >= 15 is 0 Å². The summed E-state index contributed by atoms with van der Waals surface area (Å²) < 4.78 is 0.945. The monoisotopic (exact) mass is 369 g/mol. The summed E-state index contributed by atoms with van der Waals surface area (Å²) >= 11 is 3.42. The van der Waals surface area contributed by atoms with Crippen LogP contribution >= 0.6 is 15.9 Å². The molecule has 114 valence electrons. The molecule has 1 aromatic carbocycles. The average Bonchev–Trinajstić information content (AvgIpc) is 2.54. The van der Waals surface area contributed by atoms with Gasteiger partial charge in [-0.25, -0.2) is 9.97 Å². The Labute approximate surface area is 140 Å². The molecule has 0 aliphatic rings. The zero-order valence-corrected chi connectivity index (χ0v) is 13.4. The van der Waals surface area contributed by atoms with E-state index in [0.717, 1.165) is 15.2 Å². The maximum atomic E-state index is 7.33. The largest absolute Gasteiger partial charge is 0.384 e. The number of aromatic nitrogens is 2. The molecule has 2 heterocycles. The predicted octanol–water partition coefficient (Wildman–Crippen LogP) is 3.67. The van der Waals surface area contributed by atoms with E-state index in [-0.39, 0.29) is 5.84 Å². The van der Waals surface area contributed by atoms with Crippen molar-refractivity contribution >= 4 is 49.9 Å². The second-order valence-electron chi connectivity index (χ2n) is 4.74. The van der Waals surface area contributed by atoms with Crippen LogP contribution in [-0.2, 0) is 0 Å². The van der Waals surface area contributed by atoms with Gasteiger partial charge in [0.1, 0.15) is 11.5 Å². The molecule has 3 aromatic rings. The molecule has 3 rings (SSSR count). The third kappa shape index (κ3) is 3.16. The van der Waals surface area contributed by atoms with Gasteiger partial charge in [0.15, 0.2) is 11.6 Å². The SMILES string of the molecule is N=C(N)c1ccc(N=Nc2c(N)ncc3cc(Br)ccc23)nc1. The summed E-state index contributed by atoms with van der Waals surface area (Å²) in [6.07, 6.45) is 3.16. The van der Waals surface area contributed by atoms with Crippen molar-refractivity contribution in [2.45, 2.75) is 0 Å². The van der Waals surface area contributed by atoms with E-state index in [4.69, 9.17) is 16.9 Å². The van der Waals surface area contributed by atoms with Crippen LogP contribution in [0.4, 0.5) is 17.3 Å². The maximum Gasteiger partial charge on any atom is 0.174 e. The van der Waals surface area contributed by atoms with Gasteiger partial charge in [-0.2, -0.15) is 0 Å². The first-order valence-corrected chi connectivity index (χ1v) is 7.40. The van der Waals surface area contributed by atoms with Gasteiger partial charge < -0.3 is 11.5 Å². The number of hydrogen-bond donors (Lipinski definition) is 3. The second kappa shape index (κ2) is 6.09. The van der Waals surface area contributed by atoms with Gasteiger partial charge in [0, 0.05) is 33.2 Å². The van der Waals surface area contributed by atoms with Crippen LogP contribution in [0, 0.1) is 5.41 Å². The van der Waals surface area contributed by atoms with Crippen LogP contribution < -0.4 is 11.5 Å². The van der Waals surface area contributed by atoms with Crippen LogP contribution in [0.3, 0.4) is 0 Å². The lowest BCUT2D eigenvalue weighted by Gasteiger charge is -2.04.